The minimum absolute atomic E-state index is 0.0256. The van der Waals surface area contributed by atoms with Crippen molar-refractivity contribution >= 4 is 35.4 Å². The zero-order chi connectivity index (χ0) is 37.9. The van der Waals surface area contributed by atoms with E-state index in [9.17, 15) is 28.8 Å². The fourth-order valence-corrected chi connectivity index (χ4v) is 5.32. The number of rotatable bonds is 19. The number of Topliss-reactive ketones (excluding diaryl/α,β-unsaturated/α-hetero) is 2. The Morgan fingerprint density at radius 2 is 1.56 bits per heavy atom. The normalized spacial score (nSPS) is 14.2. The molecule has 2 rings (SSSR count). The second-order valence-corrected chi connectivity index (χ2v) is 12.7. The average Bonchev–Trinajstić information content (AvgIpc) is 3.11. The molecule has 3 unspecified atom stereocenters. The first-order valence-electron chi connectivity index (χ1n) is 18.4. The largest absolute Gasteiger partial charge is 0.447 e. The van der Waals surface area contributed by atoms with Crippen LogP contribution in [0.1, 0.15) is 125 Å². The first-order valence-corrected chi connectivity index (χ1v) is 18.4. The fraction of sp³-hybridized carbons (Fsp3) is 0.641. The van der Waals surface area contributed by atoms with Crippen LogP contribution in [-0.2, 0) is 35.3 Å². The molecule has 0 bridgehead atoms. The molecule has 0 saturated heterocycles. The number of ether oxygens (including phenoxy) is 1. The van der Waals surface area contributed by atoms with E-state index in [2.05, 4.69) is 27.8 Å². The van der Waals surface area contributed by atoms with Gasteiger partial charge >= 0.3 is 6.09 Å². The third-order valence-corrected chi connectivity index (χ3v) is 8.10. The highest BCUT2D eigenvalue weighted by molar-refractivity contribution is 6.38. The molecule has 0 radical (unpaired) electrons. The van der Waals surface area contributed by atoms with E-state index in [-0.39, 0.29) is 54.5 Å². The van der Waals surface area contributed by atoms with E-state index >= 15 is 0 Å². The highest BCUT2D eigenvalue weighted by atomic mass is 16.6. The second kappa shape index (κ2) is 27.8. The number of hydrogen-bond acceptors (Lipinski definition) is 7. The minimum Gasteiger partial charge on any atom is -0.447 e. The van der Waals surface area contributed by atoms with Gasteiger partial charge in [0.25, 0.3) is 5.91 Å². The Labute approximate surface area is 300 Å². The molecule has 3 atom stereocenters. The highest BCUT2D eigenvalue weighted by Crippen LogP contribution is 2.27. The molecular formula is C39H64N4O7. The molecule has 0 aromatic heterocycles. The standard InChI is InChI=1S/C24H35N3O4.C13H23NO3.C2H6/c1-4-6-11-18(3)23(30)27-20(14-7-5-2)22(29)24(31)25-16-15-21(28)26-17-19-12-9-8-10-13-19;1-9(2)17-13(16)14-12(10(3)15)11-7-5-4-6-8-11;1-2/h5,8-10,12-13,18,20H,2,4,6-7,11,14-17H2,1,3H3,(H,25,31)(H,26,28)(H,27,30);9,11-12H,4-8H2,1-3H3,(H,14,16);1-2H3. The fourth-order valence-electron chi connectivity index (χ4n) is 5.32. The molecule has 282 valence electrons. The molecule has 0 aliphatic heterocycles. The van der Waals surface area contributed by atoms with Crippen molar-refractivity contribution < 1.29 is 33.5 Å². The van der Waals surface area contributed by atoms with Crippen molar-refractivity contribution in [3.63, 3.8) is 0 Å². The van der Waals surface area contributed by atoms with Crippen LogP contribution < -0.4 is 21.3 Å². The smallest absolute Gasteiger partial charge is 0.407 e. The minimum atomic E-state index is -0.901. The van der Waals surface area contributed by atoms with Crippen LogP contribution in [0.25, 0.3) is 0 Å². The Morgan fingerprint density at radius 1 is 0.920 bits per heavy atom. The van der Waals surface area contributed by atoms with E-state index in [0.29, 0.717) is 19.4 Å². The number of allylic oxidation sites excluding steroid dienone is 1. The lowest BCUT2D eigenvalue weighted by Crippen LogP contribution is -2.49. The van der Waals surface area contributed by atoms with Crippen LogP contribution in [0.2, 0.25) is 0 Å². The predicted octanol–water partition coefficient (Wildman–Crippen LogP) is 6.34. The van der Waals surface area contributed by atoms with Crippen molar-refractivity contribution in [3.8, 4) is 0 Å². The quantitative estimate of drug-likeness (QED) is 0.0968. The zero-order valence-electron chi connectivity index (χ0n) is 31.6. The topological polar surface area (TPSA) is 160 Å². The summed E-state index contributed by atoms with van der Waals surface area (Å²) in [7, 11) is 0. The molecule has 1 aliphatic carbocycles. The number of ketones is 2. The van der Waals surface area contributed by atoms with Gasteiger partial charge in [-0.2, -0.15) is 0 Å². The third-order valence-electron chi connectivity index (χ3n) is 8.10. The summed E-state index contributed by atoms with van der Waals surface area (Å²) in [4.78, 5) is 72.2. The molecule has 0 heterocycles. The molecule has 11 heteroatoms. The lowest BCUT2D eigenvalue weighted by molar-refractivity contribution is -0.140. The molecule has 1 aliphatic rings. The maximum absolute atomic E-state index is 12.5. The van der Waals surface area contributed by atoms with E-state index in [4.69, 9.17) is 4.74 Å². The molecular weight excluding hydrogens is 636 g/mol. The van der Waals surface area contributed by atoms with Gasteiger partial charge in [0, 0.05) is 25.4 Å². The zero-order valence-corrected chi connectivity index (χ0v) is 31.6. The summed E-state index contributed by atoms with van der Waals surface area (Å²) in [5.74, 6) is -1.88. The number of carbonyl (C=O) groups excluding carboxylic acids is 6. The van der Waals surface area contributed by atoms with Crippen molar-refractivity contribution in [2.75, 3.05) is 6.54 Å². The van der Waals surface area contributed by atoms with Crippen molar-refractivity contribution in [2.24, 2.45) is 11.8 Å². The van der Waals surface area contributed by atoms with Gasteiger partial charge in [-0.3, -0.25) is 24.0 Å². The van der Waals surface area contributed by atoms with Crippen LogP contribution in [0.4, 0.5) is 4.79 Å². The van der Waals surface area contributed by atoms with Gasteiger partial charge in [0.05, 0.1) is 18.2 Å². The third kappa shape index (κ3) is 20.5. The number of carbonyl (C=O) groups is 6. The Bertz CT molecular complexity index is 1170. The number of amides is 4. The van der Waals surface area contributed by atoms with Gasteiger partial charge in [-0.15, -0.1) is 6.58 Å². The molecule has 4 amide bonds. The molecule has 1 fully saturated rings. The lowest BCUT2D eigenvalue weighted by atomic mass is 9.82. The van der Waals surface area contributed by atoms with Gasteiger partial charge in [-0.05, 0) is 64.4 Å². The molecule has 11 nitrogen and oxygen atoms in total. The predicted molar refractivity (Wildman–Crippen MR) is 198 cm³/mol. The van der Waals surface area contributed by atoms with Crippen molar-refractivity contribution in [3.05, 3.63) is 48.6 Å². The van der Waals surface area contributed by atoms with Gasteiger partial charge in [-0.25, -0.2) is 4.79 Å². The van der Waals surface area contributed by atoms with E-state index in [1.54, 1.807) is 19.9 Å². The van der Waals surface area contributed by atoms with Crippen LogP contribution in [-0.4, -0.2) is 60.1 Å². The Balaban J connectivity index is 0.00000106. The SMILES string of the molecule is C=CCCC(NC(=O)C(C)CCCC)C(=O)C(=O)NCCC(=O)NCc1ccccc1.CC.CC(=O)C(NC(=O)OC(C)C)C1CCCCC1. The van der Waals surface area contributed by atoms with Gasteiger partial charge in [0.1, 0.15) is 0 Å². The molecule has 0 spiro atoms. The van der Waals surface area contributed by atoms with Crippen LogP contribution in [0, 0.1) is 11.8 Å². The first kappa shape index (κ1) is 46.0. The van der Waals surface area contributed by atoms with Crippen molar-refractivity contribution in [2.45, 2.75) is 144 Å². The summed E-state index contributed by atoms with van der Waals surface area (Å²) in [5.41, 5.74) is 0.976. The number of alkyl carbamates (subject to hydrolysis) is 1. The summed E-state index contributed by atoms with van der Waals surface area (Å²) in [5, 5.41) is 10.7. The number of benzene rings is 1. The summed E-state index contributed by atoms with van der Waals surface area (Å²) in [6.45, 7) is 17.1. The number of hydrogen-bond donors (Lipinski definition) is 4. The Morgan fingerprint density at radius 3 is 2.12 bits per heavy atom. The van der Waals surface area contributed by atoms with Gasteiger partial charge < -0.3 is 26.0 Å². The summed E-state index contributed by atoms with van der Waals surface area (Å²) in [6.07, 6.45) is 10.1. The number of unbranched alkanes of at least 4 members (excludes halogenated alkanes) is 1. The summed E-state index contributed by atoms with van der Waals surface area (Å²) >= 11 is 0. The lowest BCUT2D eigenvalue weighted by Gasteiger charge is -2.29. The highest BCUT2D eigenvalue weighted by Gasteiger charge is 2.29. The van der Waals surface area contributed by atoms with Crippen LogP contribution in [0.3, 0.4) is 0 Å². The van der Waals surface area contributed by atoms with E-state index in [0.717, 1.165) is 50.5 Å². The molecule has 1 saturated carbocycles. The van der Waals surface area contributed by atoms with E-state index in [1.807, 2.05) is 58.0 Å². The van der Waals surface area contributed by atoms with Gasteiger partial charge in [0.2, 0.25) is 17.6 Å². The summed E-state index contributed by atoms with van der Waals surface area (Å²) < 4.78 is 5.02. The maximum Gasteiger partial charge on any atom is 0.407 e. The monoisotopic (exact) mass is 700 g/mol. The summed E-state index contributed by atoms with van der Waals surface area (Å²) in [6, 6.07) is 8.21. The van der Waals surface area contributed by atoms with Crippen LogP contribution in [0.5, 0.6) is 0 Å². The first-order chi connectivity index (χ1) is 23.9. The van der Waals surface area contributed by atoms with E-state index in [1.165, 1.54) is 13.3 Å². The van der Waals surface area contributed by atoms with Crippen molar-refractivity contribution in [1.29, 1.82) is 0 Å². The molecule has 1 aromatic rings. The van der Waals surface area contributed by atoms with Gasteiger partial charge in [0.15, 0.2) is 5.78 Å². The molecule has 4 N–H and O–H groups in total. The van der Waals surface area contributed by atoms with Crippen LogP contribution in [0.15, 0.2) is 43.0 Å². The van der Waals surface area contributed by atoms with Crippen LogP contribution >= 0.6 is 0 Å². The van der Waals surface area contributed by atoms with E-state index < -0.39 is 23.8 Å². The van der Waals surface area contributed by atoms with Crippen molar-refractivity contribution in [1.82, 2.24) is 21.3 Å². The number of nitrogens with one attached hydrogen (secondary N) is 4. The van der Waals surface area contributed by atoms with Gasteiger partial charge in [-0.1, -0.05) is 96.2 Å². The Kier molecular flexibility index (Phi) is 25.5. The Hall–Kier alpha value is -4.02. The average molecular weight is 701 g/mol. The molecule has 1 aromatic carbocycles. The second-order valence-electron chi connectivity index (χ2n) is 12.7. The molecule has 50 heavy (non-hydrogen) atoms. The maximum atomic E-state index is 12.5.